The van der Waals surface area contributed by atoms with Crippen LogP contribution in [0.2, 0.25) is 5.02 Å². The van der Waals surface area contributed by atoms with Crippen LogP contribution in [0.5, 0.6) is 0 Å². The fourth-order valence-electron chi connectivity index (χ4n) is 0.843. The van der Waals surface area contributed by atoms with Crippen LogP contribution in [-0.4, -0.2) is 6.29 Å². The van der Waals surface area contributed by atoms with Crippen LogP contribution in [0.1, 0.15) is 12.0 Å². The van der Waals surface area contributed by atoms with Crippen LogP contribution in [-0.2, 0) is 4.79 Å². The first-order valence-corrected chi connectivity index (χ1v) is 4.89. The van der Waals surface area contributed by atoms with Crippen molar-refractivity contribution < 1.29 is 9.18 Å². The number of carbonyl (C=O) groups is 1. The first-order valence-electron chi connectivity index (χ1n) is 3.72. The van der Waals surface area contributed by atoms with Gasteiger partial charge in [0.25, 0.3) is 0 Å². The van der Waals surface area contributed by atoms with Crippen LogP contribution in [0.25, 0.3) is 0 Å². The van der Waals surface area contributed by atoms with Crippen molar-refractivity contribution >= 4 is 33.8 Å². The number of aldehydes is 1. The topological polar surface area (TPSA) is 17.1 Å². The highest BCUT2D eigenvalue weighted by atomic mass is 79.9. The molecule has 4 heteroatoms. The first kappa shape index (κ1) is 11.2. The third-order valence-corrected chi connectivity index (χ3v) is 2.25. The molecule has 0 atom stereocenters. The van der Waals surface area contributed by atoms with Crippen molar-refractivity contribution in [2.24, 2.45) is 0 Å². The summed E-state index contributed by atoms with van der Waals surface area (Å²) in [4.78, 5) is 9.99. The van der Waals surface area contributed by atoms with Gasteiger partial charge in [-0.25, -0.2) is 4.39 Å². The van der Waals surface area contributed by atoms with E-state index in [1.165, 1.54) is 6.07 Å². The highest BCUT2D eigenvalue weighted by molar-refractivity contribution is 9.10. The van der Waals surface area contributed by atoms with Crippen molar-refractivity contribution in [2.45, 2.75) is 6.42 Å². The van der Waals surface area contributed by atoms with Crippen molar-refractivity contribution in [1.29, 1.82) is 0 Å². The summed E-state index contributed by atoms with van der Waals surface area (Å²) in [6, 6.07) is 2.73. The quantitative estimate of drug-likeness (QED) is 0.568. The summed E-state index contributed by atoms with van der Waals surface area (Å²) in [6.07, 6.45) is 0.753. The molecule has 1 aromatic rings. The summed E-state index contributed by atoms with van der Waals surface area (Å²) in [5.41, 5.74) is 0.219. The van der Waals surface area contributed by atoms with Gasteiger partial charge in [0.1, 0.15) is 12.1 Å². The summed E-state index contributed by atoms with van der Waals surface area (Å²) >= 11 is 8.74. The minimum absolute atomic E-state index is 0.0918. The fourth-order valence-corrected chi connectivity index (χ4v) is 1.71. The number of carbonyl (C=O) groups excluding carboxylic acids is 1. The van der Waals surface area contributed by atoms with Gasteiger partial charge in [0, 0.05) is 9.50 Å². The zero-order chi connectivity index (χ0) is 10.6. The zero-order valence-electron chi connectivity index (χ0n) is 6.98. The van der Waals surface area contributed by atoms with Crippen LogP contribution < -0.4 is 0 Å². The van der Waals surface area contributed by atoms with E-state index in [9.17, 15) is 9.18 Å². The van der Waals surface area contributed by atoms with Gasteiger partial charge in [-0.15, -0.1) is 0 Å². The second-order valence-electron chi connectivity index (χ2n) is 2.42. The third-order valence-electron chi connectivity index (χ3n) is 1.41. The van der Waals surface area contributed by atoms with Gasteiger partial charge in [0.2, 0.25) is 0 Å². The Kier molecular flexibility index (Phi) is 4.12. The molecule has 1 nitrogen and oxygen atoms in total. The third kappa shape index (κ3) is 2.83. The predicted octanol–water partition coefficient (Wildman–Crippen LogP) is 3.18. The predicted molar refractivity (Wildman–Crippen MR) is 56.7 cm³/mol. The number of hydrogen-bond donors (Lipinski definition) is 0. The molecule has 0 N–H and O–H groups in total. The molecular weight excluding hydrogens is 270 g/mol. The van der Waals surface area contributed by atoms with Gasteiger partial charge in [-0.3, -0.25) is 0 Å². The molecule has 0 unspecified atom stereocenters. The average molecular weight is 276 g/mol. The second-order valence-corrected chi connectivity index (χ2v) is 3.71. The van der Waals surface area contributed by atoms with E-state index in [-0.39, 0.29) is 12.0 Å². The van der Waals surface area contributed by atoms with Gasteiger partial charge >= 0.3 is 0 Å². The fraction of sp³-hybridized carbons (Fsp3) is 0.100. The van der Waals surface area contributed by atoms with E-state index in [0.29, 0.717) is 15.8 Å². The van der Waals surface area contributed by atoms with Crippen LogP contribution in [0.4, 0.5) is 4.39 Å². The molecule has 0 spiro atoms. The molecular formula is C10H5BrClFO. The molecule has 0 aliphatic rings. The zero-order valence-corrected chi connectivity index (χ0v) is 9.32. The minimum Gasteiger partial charge on any atom is -0.302 e. The van der Waals surface area contributed by atoms with Crippen LogP contribution in [0.3, 0.4) is 0 Å². The van der Waals surface area contributed by atoms with Crippen molar-refractivity contribution in [2.75, 3.05) is 0 Å². The number of rotatable bonds is 1. The lowest BCUT2D eigenvalue weighted by Gasteiger charge is -1.98. The van der Waals surface area contributed by atoms with Crippen molar-refractivity contribution in [1.82, 2.24) is 0 Å². The van der Waals surface area contributed by atoms with Gasteiger partial charge in [0.15, 0.2) is 0 Å². The molecule has 0 heterocycles. The molecule has 0 bridgehead atoms. The Bertz CT molecular complexity index is 397. The molecule has 0 aliphatic heterocycles. The Labute approximate surface area is 94.4 Å². The molecule has 72 valence electrons. The molecule has 0 radical (unpaired) electrons. The molecule has 0 saturated carbocycles. The maximum atomic E-state index is 13.2. The minimum atomic E-state index is -0.497. The normalized spacial score (nSPS) is 9.07. The van der Waals surface area contributed by atoms with Gasteiger partial charge < -0.3 is 4.79 Å². The Morgan fingerprint density at radius 2 is 2.29 bits per heavy atom. The van der Waals surface area contributed by atoms with Gasteiger partial charge in [-0.1, -0.05) is 23.4 Å². The highest BCUT2D eigenvalue weighted by Crippen LogP contribution is 2.23. The molecule has 0 aromatic heterocycles. The van der Waals surface area contributed by atoms with Crippen LogP contribution >= 0.6 is 27.5 Å². The van der Waals surface area contributed by atoms with E-state index in [1.807, 2.05) is 0 Å². The highest BCUT2D eigenvalue weighted by Gasteiger charge is 2.05. The van der Waals surface area contributed by atoms with E-state index in [2.05, 4.69) is 27.8 Å². The molecule has 1 rings (SSSR count). The number of benzene rings is 1. The van der Waals surface area contributed by atoms with Crippen LogP contribution in [0.15, 0.2) is 16.6 Å². The maximum Gasteiger partial charge on any atom is 0.141 e. The largest absolute Gasteiger partial charge is 0.302 e. The monoisotopic (exact) mass is 274 g/mol. The van der Waals surface area contributed by atoms with Crippen molar-refractivity contribution in [3.8, 4) is 11.8 Å². The number of halogens is 3. The Balaban J connectivity index is 3.10. The lowest BCUT2D eigenvalue weighted by atomic mass is 10.2. The molecule has 1 aromatic carbocycles. The Hall–Kier alpha value is -0.850. The summed E-state index contributed by atoms with van der Waals surface area (Å²) < 4.78 is 13.7. The molecule has 0 amide bonds. The summed E-state index contributed by atoms with van der Waals surface area (Å²) in [6.45, 7) is 0. The molecule has 0 aliphatic carbocycles. The van der Waals surface area contributed by atoms with E-state index in [4.69, 9.17) is 11.6 Å². The van der Waals surface area contributed by atoms with Crippen molar-refractivity contribution in [3.63, 3.8) is 0 Å². The molecule has 14 heavy (non-hydrogen) atoms. The maximum absolute atomic E-state index is 13.2. The standard InChI is InChI=1S/C10H5BrClFO/c11-9-5-7(12)6-10(13)8(9)3-1-2-4-14/h4-6H,2H2. The Morgan fingerprint density at radius 1 is 1.57 bits per heavy atom. The number of hydrogen-bond acceptors (Lipinski definition) is 1. The van der Waals surface area contributed by atoms with Gasteiger partial charge in [-0.2, -0.15) is 0 Å². The second kappa shape index (κ2) is 5.14. The van der Waals surface area contributed by atoms with E-state index >= 15 is 0 Å². The summed E-state index contributed by atoms with van der Waals surface area (Å²) in [5, 5.41) is 0.301. The lowest BCUT2D eigenvalue weighted by Crippen LogP contribution is -1.85. The molecule has 0 fully saturated rings. The van der Waals surface area contributed by atoms with Crippen LogP contribution in [0, 0.1) is 17.7 Å². The first-order chi connectivity index (χ1) is 6.65. The average Bonchev–Trinajstić information content (AvgIpc) is 2.09. The van der Waals surface area contributed by atoms with Gasteiger partial charge in [0.05, 0.1) is 12.0 Å². The SMILES string of the molecule is O=CCC#Cc1c(F)cc(Cl)cc1Br. The van der Waals surface area contributed by atoms with E-state index in [1.54, 1.807) is 6.07 Å². The van der Waals surface area contributed by atoms with Gasteiger partial charge in [-0.05, 0) is 28.1 Å². The van der Waals surface area contributed by atoms with E-state index < -0.39 is 5.82 Å². The Morgan fingerprint density at radius 3 is 2.86 bits per heavy atom. The summed E-state index contributed by atoms with van der Waals surface area (Å²) in [5.74, 6) is 4.57. The van der Waals surface area contributed by atoms with E-state index in [0.717, 1.165) is 0 Å². The van der Waals surface area contributed by atoms with Crippen molar-refractivity contribution in [3.05, 3.63) is 33.0 Å². The smallest absolute Gasteiger partial charge is 0.141 e. The molecule has 0 saturated heterocycles. The summed E-state index contributed by atoms with van der Waals surface area (Å²) in [7, 11) is 0. The lowest BCUT2D eigenvalue weighted by molar-refractivity contribution is -0.107.